The van der Waals surface area contributed by atoms with E-state index in [1.165, 1.54) is 16.3 Å². The van der Waals surface area contributed by atoms with E-state index in [4.69, 9.17) is 16.3 Å². The predicted molar refractivity (Wildman–Crippen MR) is 104 cm³/mol. The first-order chi connectivity index (χ1) is 12.3. The molecule has 0 atom stereocenters. The van der Waals surface area contributed by atoms with Gasteiger partial charge in [-0.1, -0.05) is 41.9 Å². The summed E-state index contributed by atoms with van der Waals surface area (Å²) < 4.78 is 6.17. The Bertz CT molecular complexity index is 1330. The number of ether oxygens (including phenoxy) is 1. The first-order valence-electron chi connectivity index (χ1n) is 8.23. The van der Waals surface area contributed by atoms with E-state index in [0.717, 1.165) is 43.9 Å². The van der Waals surface area contributed by atoms with Crippen LogP contribution in [0.1, 0.15) is 0 Å². The standard InChI is InChI=1S/C22H12ClNO/c23-12-8-9-17-16(10-12)21-14-5-3-7-20-22(14)15(11-18(21)24-17)13-4-1-2-6-19(13)25-20/h1-11,24H. The maximum atomic E-state index is 6.26. The summed E-state index contributed by atoms with van der Waals surface area (Å²) in [5.41, 5.74) is 4.55. The van der Waals surface area contributed by atoms with Gasteiger partial charge in [-0.2, -0.15) is 0 Å². The van der Waals surface area contributed by atoms with E-state index in [2.05, 4.69) is 35.3 Å². The average Bonchev–Trinajstić information content (AvgIpc) is 2.99. The molecule has 0 spiro atoms. The van der Waals surface area contributed by atoms with Gasteiger partial charge in [0.1, 0.15) is 11.5 Å². The molecule has 2 nitrogen and oxygen atoms in total. The fraction of sp³-hybridized carbons (Fsp3) is 0. The van der Waals surface area contributed by atoms with Crippen LogP contribution in [0.25, 0.3) is 43.7 Å². The lowest BCUT2D eigenvalue weighted by Crippen LogP contribution is -1.96. The molecular formula is C22H12ClNO. The Balaban J connectivity index is 1.89. The number of benzene rings is 4. The fourth-order valence-corrected chi connectivity index (χ4v) is 4.18. The van der Waals surface area contributed by atoms with Gasteiger partial charge in [0.05, 0.1) is 0 Å². The van der Waals surface area contributed by atoms with Crippen LogP contribution >= 0.6 is 11.6 Å². The monoisotopic (exact) mass is 341 g/mol. The topological polar surface area (TPSA) is 25.0 Å². The lowest BCUT2D eigenvalue weighted by atomic mass is 9.92. The van der Waals surface area contributed by atoms with Crippen molar-refractivity contribution in [1.29, 1.82) is 0 Å². The van der Waals surface area contributed by atoms with Crippen molar-refractivity contribution in [2.24, 2.45) is 0 Å². The summed E-state index contributed by atoms with van der Waals surface area (Å²) >= 11 is 6.26. The number of hydrogen-bond donors (Lipinski definition) is 1. The summed E-state index contributed by atoms with van der Waals surface area (Å²) in [5, 5.41) is 5.43. The SMILES string of the molecule is Clc1ccc2[nH]c3cc4c5c(cccc5c3c2c1)Oc1ccccc1-4. The van der Waals surface area contributed by atoms with E-state index < -0.39 is 0 Å². The van der Waals surface area contributed by atoms with Gasteiger partial charge in [-0.25, -0.2) is 0 Å². The predicted octanol–water partition coefficient (Wildman–Crippen LogP) is 6.90. The van der Waals surface area contributed by atoms with Gasteiger partial charge in [-0.3, -0.25) is 0 Å². The number of para-hydroxylation sites is 1. The molecule has 0 radical (unpaired) electrons. The molecule has 0 unspecified atom stereocenters. The second-order valence-electron chi connectivity index (χ2n) is 6.44. The van der Waals surface area contributed by atoms with Crippen LogP contribution in [-0.4, -0.2) is 4.98 Å². The van der Waals surface area contributed by atoms with Crippen LogP contribution in [0.2, 0.25) is 5.02 Å². The van der Waals surface area contributed by atoms with Crippen molar-refractivity contribution >= 4 is 44.2 Å². The minimum Gasteiger partial charge on any atom is -0.456 e. The second kappa shape index (κ2) is 4.56. The molecule has 1 aliphatic heterocycles. The Morgan fingerprint density at radius 3 is 2.52 bits per heavy atom. The summed E-state index contributed by atoms with van der Waals surface area (Å²) in [4.78, 5) is 3.55. The summed E-state index contributed by atoms with van der Waals surface area (Å²) in [6.07, 6.45) is 0. The molecule has 6 rings (SSSR count). The van der Waals surface area contributed by atoms with E-state index in [1.807, 2.05) is 36.4 Å². The zero-order chi connectivity index (χ0) is 16.5. The molecule has 3 heteroatoms. The third kappa shape index (κ3) is 1.70. The molecule has 0 aliphatic carbocycles. The number of H-pyrrole nitrogens is 1. The number of aromatic amines is 1. The van der Waals surface area contributed by atoms with Crippen molar-refractivity contribution in [2.75, 3.05) is 0 Å². The molecule has 4 aromatic carbocycles. The van der Waals surface area contributed by atoms with E-state index >= 15 is 0 Å². The second-order valence-corrected chi connectivity index (χ2v) is 6.87. The number of halogens is 1. The summed E-state index contributed by atoms with van der Waals surface area (Å²) in [7, 11) is 0. The van der Waals surface area contributed by atoms with Crippen molar-refractivity contribution in [3.8, 4) is 22.6 Å². The van der Waals surface area contributed by atoms with E-state index in [1.54, 1.807) is 0 Å². The Morgan fingerprint density at radius 2 is 1.56 bits per heavy atom. The van der Waals surface area contributed by atoms with Crippen molar-refractivity contribution < 1.29 is 4.74 Å². The molecule has 118 valence electrons. The largest absolute Gasteiger partial charge is 0.456 e. The molecule has 0 saturated heterocycles. The Morgan fingerprint density at radius 1 is 0.680 bits per heavy atom. The normalized spacial score (nSPS) is 12.5. The van der Waals surface area contributed by atoms with Crippen molar-refractivity contribution in [1.82, 2.24) is 4.98 Å². The van der Waals surface area contributed by atoms with E-state index in [0.29, 0.717) is 0 Å². The highest BCUT2D eigenvalue weighted by molar-refractivity contribution is 6.33. The first kappa shape index (κ1) is 13.3. The minimum absolute atomic E-state index is 0.746. The highest BCUT2D eigenvalue weighted by Crippen LogP contribution is 2.49. The van der Waals surface area contributed by atoms with Crippen LogP contribution in [0.3, 0.4) is 0 Å². The van der Waals surface area contributed by atoms with Gasteiger partial charge >= 0.3 is 0 Å². The van der Waals surface area contributed by atoms with Crippen LogP contribution in [0.5, 0.6) is 11.5 Å². The van der Waals surface area contributed by atoms with Crippen LogP contribution in [-0.2, 0) is 0 Å². The van der Waals surface area contributed by atoms with Gasteiger partial charge in [0.2, 0.25) is 0 Å². The highest BCUT2D eigenvalue weighted by Gasteiger charge is 2.22. The van der Waals surface area contributed by atoms with Crippen molar-refractivity contribution in [3.05, 3.63) is 71.8 Å². The van der Waals surface area contributed by atoms with Crippen molar-refractivity contribution in [2.45, 2.75) is 0 Å². The zero-order valence-corrected chi connectivity index (χ0v) is 13.9. The quantitative estimate of drug-likeness (QED) is 0.319. The molecule has 2 heterocycles. The summed E-state index contributed by atoms with van der Waals surface area (Å²) in [5.74, 6) is 1.81. The molecular weight excluding hydrogens is 330 g/mol. The summed E-state index contributed by atoms with van der Waals surface area (Å²) in [6.45, 7) is 0. The molecule has 1 aromatic heterocycles. The van der Waals surface area contributed by atoms with Crippen LogP contribution in [0, 0.1) is 0 Å². The molecule has 0 saturated carbocycles. The van der Waals surface area contributed by atoms with Crippen molar-refractivity contribution in [3.63, 3.8) is 0 Å². The lowest BCUT2D eigenvalue weighted by Gasteiger charge is -2.21. The van der Waals surface area contributed by atoms with Gasteiger partial charge in [0, 0.05) is 37.8 Å². The number of aromatic nitrogens is 1. The van der Waals surface area contributed by atoms with Crippen LogP contribution in [0.4, 0.5) is 0 Å². The number of hydrogen-bond acceptors (Lipinski definition) is 1. The smallest absolute Gasteiger partial charge is 0.135 e. The Kier molecular flexibility index (Phi) is 2.43. The number of nitrogens with one attached hydrogen (secondary N) is 1. The Hall–Kier alpha value is -2.97. The molecule has 25 heavy (non-hydrogen) atoms. The molecule has 5 aromatic rings. The molecule has 1 aliphatic rings. The first-order valence-corrected chi connectivity index (χ1v) is 8.61. The average molecular weight is 342 g/mol. The molecule has 0 bridgehead atoms. The van der Waals surface area contributed by atoms with Gasteiger partial charge in [-0.15, -0.1) is 0 Å². The Labute approximate surface area is 148 Å². The van der Waals surface area contributed by atoms with E-state index in [9.17, 15) is 0 Å². The van der Waals surface area contributed by atoms with Gasteiger partial charge in [-0.05, 0) is 47.3 Å². The maximum absolute atomic E-state index is 6.26. The zero-order valence-electron chi connectivity index (χ0n) is 13.1. The summed E-state index contributed by atoms with van der Waals surface area (Å²) in [6, 6.07) is 22.7. The molecule has 0 amide bonds. The van der Waals surface area contributed by atoms with Crippen LogP contribution < -0.4 is 4.74 Å². The maximum Gasteiger partial charge on any atom is 0.135 e. The molecule has 0 fully saturated rings. The van der Waals surface area contributed by atoms with Gasteiger partial charge < -0.3 is 9.72 Å². The third-order valence-corrected chi connectivity index (χ3v) is 5.28. The highest BCUT2D eigenvalue weighted by atomic mass is 35.5. The number of rotatable bonds is 0. The minimum atomic E-state index is 0.746. The van der Waals surface area contributed by atoms with Gasteiger partial charge in [0.25, 0.3) is 0 Å². The van der Waals surface area contributed by atoms with E-state index in [-0.39, 0.29) is 0 Å². The van der Waals surface area contributed by atoms with Gasteiger partial charge in [0.15, 0.2) is 0 Å². The third-order valence-electron chi connectivity index (χ3n) is 5.04. The van der Waals surface area contributed by atoms with Crippen LogP contribution in [0.15, 0.2) is 66.7 Å². The fourth-order valence-electron chi connectivity index (χ4n) is 4.01. The number of fused-ring (bicyclic) bond motifs is 6. The lowest BCUT2D eigenvalue weighted by molar-refractivity contribution is 0.487. The molecule has 1 N–H and O–H groups in total.